The molecule has 1 aromatic carbocycles. The van der Waals surface area contributed by atoms with E-state index in [1.807, 2.05) is 41.0 Å². The third-order valence-corrected chi connectivity index (χ3v) is 5.96. The van der Waals surface area contributed by atoms with Gasteiger partial charge in [0.05, 0.1) is 16.2 Å². The quantitative estimate of drug-likeness (QED) is 0.491. The van der Waals surface area contributed by atoms with E-state index >= 15 is 0 Å². The molecule has 1 fully saturated rings. The van der Waals surface area contributed by atoms with Crippen molar-refractivity contribution in [1.29, 1.82) is 0 Å². The Hall–Kier alpha value is -3.16. The lowest BCUT2D eigenvalue weighted by Gasteiger charge is -2.22. The van der Waals surface area contributed by atoms with Crippen molar-refractivity contribution in [2.45, 2.75) is 25.4 Å². The number of anilines is 1. The van der Waals surface area contributed by atoms with Gasteiger partial charge in [0.15, 0.2) is 5.82 Å². The lowest BCUT2D eigenvalue weighted by atomic mass is 9.93. The molecule has 1 unspecified atom stereocenters. The largest absolute Gasteiger partial charge is 0.486 e. The van der Waals surface area contributed by atoms with E-state index in [1.165, 1.54) is 11.9 Å². The second-order valence-electron chi connectivity index (χ2n) is 7.68. The predicted molar refractivity (Wildman–Crippen MR) is 122 cm³/mol. The molecule has 1 atom stereocenters. The Bertz CT molecular complexity index is 1200. The molecule has 0 amide bonds. The van der Waals surface area contributed by atoms with Gasteiger partial charge >= 0.3 is 0 Å². The summed E-state index contributed by atoms with van der Waals surface area (Å²) in [6.07, 6.45) is 7.66. The van der Waals surface area contributed by atoms with Crippen molar-refractivity contribution in [3.8, 4) is 11.4 Å². The van der Waals surface area contributed by atoms with Crippen LogP contribution in [0.1, 0.15) is 30.0 Å². The van der Waals surface area contributed by atoms with Gasteiger partial charge in [-0.15, -0.1) is 0 Å². The van der Waals surface area contributed by atoms with E-state index in [9.17, 15) is 0 Å². The first-order valence-electron chi connectivity index (χ1n) is 10.4. The predicted octanol–water partition coefficient (Wildman–Crippen LogP) is 4.10. The van der Waals surface area contributed by atoms with Gasteiger partial charge in [-0.2, -0.15) is 0 Å². The summed E-state index contributed by atoms with van der Waals surface area (Å²) in [7, 11) is 0. The second-order valence-corrected chi connectivity index (χ2v) is 8.09. The van der Waals surface area contributed by atoms with Crippen LogP contribution in [0.25, 0.3) is 16.7 Å². The molecule has 0 spiro atoms. The number of nitrogen functional groups attached to an aromatic ring is 1. The fraction of sp³-hybridized carbons (Fsp3) is 0.261. The summed E-state index contributed by atoms with van der Waals surface area (Å²) in [6.45, 7) is 2.35. The first-order valence-corrected chi connectivity index (χ1v) is 10.7. The van der Waals surface area contributed by atoms with Crippen molar-refractivity contribution < 1.29 is 4.74 Å². The average Bonchev–Trinajstić information content (AvgIpc) is 3.21. The molecule has 3 aromatic heterocycles. The molecule has 0 bridgehead atoms. The average molecular weight is 435 g/mol. The highest BCUT2D eigenvalue weighted by Crippen LogP contribution is 2.35. The first-order chi connectivity index (χ1) is 15.2. The van der Waals surface area contributed by atoms with Gasteiger partial charge in [-0.05, 0) is 49.7 Å². The summed E-state index contributed by atoms with van der Waals surface area (Å²) < 4.78 is 7.89. The molecule has 4 heterocycles. The number of hydrogen-bond acceptors (Lipinski definition) is 6. The molecule has 8 heteroatoms. The fourth-order valence-corrected chi connectivity index (χ4v) is 4.35. The maximum absolute atomic E-state index is 6.56. The number of benzene rings is 1. The molecule has 31 heavy (non-hydrogen) atoms. The van der Waals surface area contributed by atoms with Crippen LogP contribution in [0.4, 0.5) is 5.82 Å². The van der Waals surface area contributed by atoms with E-state index in [0.29, 0.717) is 29.1 Å². The van der Waals surface area contributed by atoms with E-state index in [-0.39, 0.29) is 0 Å². The van der Waals surface area contributed by atoms with Crippen molar-refractivity contribution in [2.24, 2.45) is 0 Å². The Balaban J connectivity index is 1.49. The van der Waals surface area contributed by atoms with Gasteiger partial charge < -0.3 is 20.4 Å². The van der Waals surface area contributed by atoms with E-state index in [1.54, 1.807) is 6.20 Å². The van der Waals surface area contributed by atoms with Crippen molar-refractivity contribution >= 4 is 28.5 Å². The summed E-state index contributed by atoms with van der Waals surface area (Å²) >= 11 is 6.56. The van der Waals surface area contributed by atoms with E-state index in [2.05, 4.69) is 26.5 Å². The third kappa shape index (κ3) is 3.94. The second kappa shape index (κ2) is 8.53. The number of aromatic nitrogens is 4. The van der Waals surface area contributed by atoms with Crippen molar-refractivity contribution in [3.05, 3.63) is 71.4 Å². The van der Waals surface area contributed by atoms with Crippen LogP contribution in [0, 0.1) is 0 Å². The summed E-state index contributed by atoms with van der Waals surface area (Å²) in [5.41, 5.74) is 10.9. The van der Waals surface area contributed by atoms with E-state index < -0.39 is 0 Å². The Morgan fingerprint density at radius 2 is 2.13 bits per heavy atom. The van der Waals surface area contributed by atoms with Crippen LogP contribution in [0.2, 0.25) is 5.02 Å². The number of fused-ring (bicyclic) bond motifs is 1. The maximum Gasteiger partial charge on any atom is 0.151 e. The van der Waals surface area contributed by atoms with Crippen molar-refractivity contribution in [2.75, 3.05) is 18.8 Å². The highest BCUT2D eigenvalue weighted by atomic mass is 35.5. The van der Waals surface area contributed by atoms with Crippen LogP contribution in [-0.2, 0) is 6.61 Å². The number of nitrogens with two attached hydrogens (primary N) is 1. The molecule has 158 valence electrons. The molecule has 3 N–H and O–H groups in total. The molecule has 0 saturated carbocycles. The third-order valence-electron chi connectivity index (χ3n) is 5.67. The number of halogens is 1. The maximum atomic E-state index is 6.56. The number of hydrogen-bond donors (Lipinski definition) is 2. The fourth-order valence-electron chi connectivity index (χ4n) is 4.12. The Labute approximate surface area is 185 Å². The zero-order valence-electron chi connectivity index (χ0n) is 17.0. The van der Waals surface area contributed by atoms with Crippen LogP contribution < -0.4 is 15.8 Å². The monoisotopic (exact) mass is 434 g/mol. The van der Waals surface area contributed by atoms with Gasteiger partial charge in [0.25, 0.3) is 0 Å². The molecule has 1 aliphatic heterocycles. The molecule has 0 radical (unpaired) electrons. The van der Waals surface area contributed by atoms with Gasteiger partial charge in [0, 0.05) is 36.1 Å². The number of ether oxygens (including phenoxy) is 1. The zero-order chi connectivity index (χ0) is 21.2. The highest BCUT2D eigenvalue weighted by molar-refractivity contribution is 6.32. The van der Waals surface area contributed by atoms with Gasteiger partial charge in [-0.25, -0.2) is 9.97 Å². The minimum Gasteiger partial charge on any atom is -0.486 e. The summed E-state index contributed by atoms with van der Waals surface area (Å²) in [5.74, 6) is 1.45. The van der Waals surface area contributed by atoms with E-state index in [0.717, 1.165) is 48.3 Å². The van der Waals surface area contributed by atoms with Crippen LogP contribution in [0.5, 0.6) is 5.75 Å². The summed E-state index contributed by atoms with van der Waals surface area (Å²) in [4.78, 5) is 13.1. The minimum atomic E-state index is 0.353. The number of nitrogens with one attached hydrogen (secondary N) is 1. The van der Waals surface area contributed by atoms with Crippen LogP contribution in [-0.4, -0.2) is 32.6 Å². The standard InChI is InChI=1S/C23H23ClN6O/c24-19-10-17(6-7-20(19)31-13-16-5-1-2-9-27-16)30-12-18(15-4-3-8-26-11-15)21-22(30)23(25)29-14-28-21/h1-2,5-7,9-10,12,14-15,26H,3-4,8,11,13H2,(H2,25,28,29). The van der Waals surface area contributed by atoms with Crippen LogP contribution >= 0.6 is 11.6 Å². The van der Waals surface area contributed by atoms with Gasteiger partial charge in [0.1, 0.15) is 24.2 Å². The minimum absolute atomic E-state index is 0.353. The molecule has 4 aromatic rings. The van der Waals surface area contributed by atoms with Gasteiger partial charge in [0.2, 0.25) is 0 Å². The van der Waals surface area contributed by atoms with Crippen LogP contribution in [0.3, 0.4) is 0 Å². The molecular formula is C23H23ClN6O. The number of nitrogens with zero attached hydrogens (tertiary/aromatic N) is 4. The van der Waals surface area contributed by atoms with E-state index in [4.69, 9.17) is 22.1 Å². The summed E-state index contributed by atoms with van der Waals surface area (Å²) in [5, 5.41) is 4.00. The topological polar surface area (TPSA) is 90.9 Å². The van der Waals surface area contributed by atoms with Crippen molar-refractivity contribution in [1.82, 2.24) is 24.8 Å². The summed E-state index contributed by atoms with van der Waals surface area (Å²) in [6, 6.07) is 11.4. The lowest BCUT2D eigenvalue weighted by Crippen LogP contribution is -2.28. The smallest absolute Gasteiger partial charge is 0.151 e. The van der Waals surface area contributed by atoms with Gasteiger partial charge in [-0.3, -0.25) is 4.98 Å². The lowest BCUT2D eigenvalue weighted by molar-refractivity contribution is 0.301. The van der Waals surface area contributed by atoms with Gasteiger partial charge in [-0.1, -0.05) is 17.7 Å². The Kier molecular flexibility index (Phi) is 5.44. The molecule has 7 nitrogen and oxygen atoms in total. The molecule has 5 rings (SSSR count). The number of pyridine rings is 1. The first kappa shape index (κ1) is 19.8. The SMILES string of the molecule is Nc1ncnc2c(C3CCCNC3)cn(-c3ccc(OCc4ccccn4)c(Cl)c3)c12. The molecule has 1 saturated heterocycles. The molecular weight excluding hydrogens is 412 g/mol. The number of piperidine rings is 1. The molecule has 1 aliphatic rings. The Morgan fingerprint density at radius 1 is 1.19 bits per heavy atom. The van der Waals surface area contributed by atoms with Crippen LogP contribution in [0.15, 0.2) is 55.1 Å². The number of rotatable bonds is 5. The van der Waals surface area contributed by atoms with Crippen molar-refractivity contribution in [3.63, 3.8) is 0 Å². The highest BCUT2D eigenvalue weighted by Gasteiger charge is 2.23. The normalized spacial score (nSPS) is 16.5. The Morgan fingerprint density at radius 3 is 2.90 bits per heavy atom. The zero-order valence-corrected chi connectivity index (χ0v) is 17.7. The molecule has 0 aliphatic carbocycles.